The van der Waals surface area contributed by atoms with E-state index >= 15 is 0 Å². The van der Waals surface area contributed by atoms with Crippen molar-refractivity contribution >= 4 is 18.0 Å². The van der Waals surface area contributed by atoms with E-state index in [-0.39, 0.29) is 30.4 Å². The first-order valence-corrected chi connectivity index (χ1v) is 9.68. The van der Waals surface area contributed by atoms with E-state index in [2.05, 4.69) is 18.5 Å². The van der Waals surface area contributed by atoms with Crippen molar-refractivity contribution in [3.8, 4) is 0 Å². The highest BCUT2D eigenvalue weighted by molar-refractivity contribution is 5.65. The molecule has 0 fully saturated rings. The zero-order valence-electron chi connectivity index (χ0n) is 17.8. The fourth-order valence-electron chi connectivity index (χ4n) is 2.99. The molecule has 0 spiro atoms. The lowest BCUT2D eigenvalue weighted by atomic mass is 9.89. The first kappa shape index (κ1) is 24.2. The molecular formula is C22H24N2O8. The molecule has 1 aromatic rings. The van der Waals surface area contributed by atoms with E-state index in [1.54, 1.807) is 13.0 Å². The summed E-state index contributed by atoms with van der Waals surface area (Å²) in [6.07, 6.45) is 1.16. The second-order valence-electron chi connectivity index (χ2n) is 6.50. The molecular weight excluding hydrogens is 420 g/mol. The lowest BCUT2D eigenvalue weighted by Crippen LogP contribution is -2.30. The summed E-state index contributed by atoms with van der Waals surface area (Å²) in [5, 5.41) is 14.4. The summed E-state index contributed by atoms with van der Waals surface area (Å²) >= 11 is 0. The topological polar surface area (TPSA) is 126 Å². The van der Waals surface area contributed by atoms with Crippen molar-refractivity contribution in [2.75, 3.05) is 13.2 Å². The quantitative estimate of drug-likeness (QED) is 0.247. The maximum atomic E-state index is 12.2. The zero-order chi connectivity index (χ0) is 23.7. The molecule has 1 aliphatic heterocycles. The SMILES string of the molecule is C=CCOC(=O)OC1=C(C)NC(CC)=C(OC(=O)OCC=C)C1c1cccc([N+](=O)[O-])c1. The van der Waals surface area contributed by atoms with Gasteiger partial charge in [0.1, 0.15) is 30.6 Å². The predicted octanol–water partition coefficient (Wildman–Crippen LogP) is 4.81. The standard InChI is InChI=1S/C22H24N2O8/c1-5-11-29-21(25)31-19-14(4)23-17(7-3)20(32-22(26)30-12-6-2)18(19)15-9-8-10-16(13-15)24(27)28/h5-6,8-10,13,18,23H,1-2,7,11-12H2,3-4H3. The molecule has 32 heavy (non-hydrogen) atoms. The molecule has 1 N–H and O–H groups in total. The Hall–Kier alpha value is -4.08. The van der Waals surface area contributed by atoms with E-state index in [4.69, 9.17) is 18.9 Å². The summed E-state index contributed by atoms with van der Waals surface area (Å²) in [5.41, 5.74) is 1.14. The van der Waals surface area contributed by atoms with E-state index in [0.29, 0.717) is 23.4 Å². The van der Waals surface area contributed by atoms with Gasteiger partial charge in [-0.15, -0.1) is 0 Å². The summed E-state index contributed by atoms with van der Waals surface area (Å²) in [6, 6.07) is 5.72. The Bertz CT molecular complexity index is 980. The number of nitrogens with zero attached hydrogens (tertiary/aromatic N) is 1. The summed E-state index contributed by atoms with van der Waals surface area (Å²) < 4.78 is 20.7. The van der Waals surface area contributed by atoms with E-state index in [9.17, 15) is 19.7 Å². The lowest BCUT2D eigenvalue weighted by molar-refractivity contribution is -0.384. The van der Waals surface area contributed by atoms with E-state index < -0.39 is 23.2 Å². The zero-order valence-corrected chi connectivity index (χ0v) is 17.8. The van der Waals surface area contributed by atoms with Gasteiger partial charge in [-0.1, -0.05) is 44.4 Å². The number of nitro groups is 1. The van der Waals surface area contributed by atoms with Crippen LogP contribution in [-0.2, 0) is 18.9 Å². The molecule has 0 bridgehead atoms. The van der Waals surface area contributed by atoms with Crippen molar-refractivity contribution in [3.05, 3.63) is 88.2 Å². The van der Waals surface area contributed by atoms with Crippen molar-refractivity contribution in [1.29, 1.82) is 0 Å². The van der Waals surface area contributed by atoms with Gasteiger partial charge in [0.15, 0.2) is 0 Å². The Morgan fingerprint density at radius 2 is 1.72 bits per heavy atom. The van der Waals surface area contributed by atoms with Crippen LogP contribution in [0.5, 0.6) is 0 Å². The number of benzene rings is 1. The fraction of sp³-hybridized carbons (Fsp3) is 0.273. The molecule has 0 amide bonds. The summed E-state index contributed by atoms with van der Waals surface area (Å²) in [6.45, 7) is 10.3. The molecule has 1 atom stereocenters. The molecule has 1 unspecified atom stereocenters. The lowest BCUT2D eigenvalue weighted by Gasteiger charge is -2.31. The number of nitro benzene ring substituents is 1. The minimum Gasteiger partial charge on any atom is -0.430 e. The van der Waals surface area contributed by atoms with Gasteiger partial charge >= 0.3 is 12.3 Å². The van der Waals surface area contributed by atoms with Crippen LogP contribution in [0, 0.1) is 10.1 Å². The Labute approximate surface area is 184 Å². The summed E-state index contributed by atoms with van der Waals surface area (Å²) in [7, 11) is 0. The molecule has 0 radical (unpaired) electrons. The van der Waals surface area contributed by atoms with Gasteiger partial charge < -0.3 is 24.3 Å². The number of allylic oxidation sites excluding steroid dienone is 2. The van der Waals surface area contributed by atoms with E-state index in [1.807, 2.05) is 6.92 Å². The molecule has 0 saturated heterocycles. The molecule has 2 rings (SSSR count). The summed E-state index contributed by atoms with van der Waals surface area (Å²) in [4.78, 5) is 35.1. The average Bonchev–Trinajstić information content (AvgIpc) is 2.78. The maximum Gasteiger partial charge on any atom is 0.513 e. The third kappa shape index (κ3) is 5.97. The van der Waals surface area contributed by atoms with Crippen LogP contribution in [0.1, 0.15) is 31.7 Å². The van der Waals surface area contributed by atoms with Gasteiger partial charge in [-0.05, 0) is 18.9 Å². The monoisotopic (exact) mass is 444 g/mol. The maximum absolute atomic E-state index is 12.2. The summed E-state index contributed by atoms with van der Waals surface area (Å²) in [5.74, 6) is -0.818. The molecule has 1 aliphatic rings. The van der Waals surface area contributed by atoms with Gasteiger partial charge in [-0.2, -0.15) is 0 Å². The van der Waals surface area contributed by atoms with Crippen LogP contribution in [0.3, 0.4) is 0 Å². The van der Waals surface area contributed by atoms with Crippen LogP contribution >= 0.6 is 0 Å². The van der Waals surface area contributed by atoms with Gasteiger partial charge in [0, 0.05) is 12.1 Å². The molecule has 1 heterocycles. The molecule has 10 nitrogen and oxygen atoms in total. The van der Waals surface area contributed by atoms with Gasteiger partial charge in [0.2, 0.25) is 0 Å². The van der Waals surface area contributed by atoms with Crippen LogP contribution < -0.4 is 5.32 Å². The Balaban J connectivity index is 2.56. The highest BCUT2D eigenvalue weighted by Gasteiger charge is 2.36. The number of non-ortho nitro benzene ring substituents is 1. The number of nitrogens with one attached hydrogen (secondary N) is 1. The van der Waals surface area contributed by atoms with Crippen molar-refractivity contribution in [1.82, 2.24) is 5.32 Å². The average molecular weight is 444 g/mol. The largest absolute Gasteiger partial charge is 0.513 e. The number of ether oxygens (including phenoxy) is 4. The molecule has 0 aliphatic carbocycles. The van der Waals surface area contributed by atoms with Crippen molar-refractivity contribution in [3.63, 3.8) is 0 Å². The third-order valence-electron chi connectivity index (χ3n) is 4.32. The van der Waals surface area contributed by atoms with Gasteiger partial charge in [0.25, 0.3) is 5.69 Å². The number of carbonyl (C=O) groups excluding carboxylic acids is 2. The minimum absolute atomic E-state index is 0.0586. The normalized spacial score (nSPS) is 15.4. The number of dihydropyridines is 1. The number of hydrogen-bond acceptors (Lipinski definition) is 9. The smallest absolute Gasteiger partial charge is 0.430 e. The second-order valence-corrected chi connectivity index (χ2v) is 6.50. The second kappa shape index (κ2) is 11.3. The van der Waals surface area contributed by atoms with Crippen LogP contribution in [0.4, 0.5) is 15.3 Å². The third-order valence-corrected chi connectivity index (χ3v) is 4.32. The molecule has 0 aromatic heterocycles. The first-order chi connectivity index (χ1) is 15.3. The molecule has 0 saturated carbocycles. The van der Waals surface area contributed by atoms with Gasteiger partial charge in [0.05, 0.1) is 16.3 Å². The molecule has 1 aromatic carbocycles. The molecule has 170 valence electrons. The van der Waals surface area contributed by atoms with Crippen LogP contribution in [0.15, 0.2) is 72.5 Å². The fourth-order valence-corrected chi connectivity index (χ4v) is 2.99. The van der Waals surface area contributed by atoms with Crippen LogP contribution in [0.25, 0.3) is 0 Å². The van der Waals surface area contributed by atoms with E-state index in [1.165, 1.54) is 30.4 Å². The van der Waals surface area contributed by atoms with E-state index in [0.717, 1.165) is 0 Å². The minimum atomic E-state index is -1.01. The number of carbonyl (C=O) groups is 2. The number of hydrogen-bond donors (Lipinski definition) is 1. The van der Waals surface area contributed by atoms with Crippen LogP contribution in [-0.4, -0.2) is 30.4 Å². The Morgan fingerprint density at radius 3 is 2.25 bits per heavy atom. The van der Waals surface area contributed by atoms with Crippen molar-refractivity contribution in [2.45, 2.75) is 26.2 Å². The van der Waals surface area contributed by atoms with Crippen LogP contribution in [0.2, 0.25) is 0 Å². The van der Waals surface area contributed by atoms with Gasteiger partial charge in [-0.25, -0.2) is 9.59 Å². The molecule has 10 heteroatoms. The Kier molecular flexibility index (Phi) is 8.58. The van der Waals surface area contributed by atoms with Crippen molar-refractivity contribution in [2.24, 2.45) is 0 Å². The highest BCUT2D eigenvalue weighted by Crippen LogP contribution is 2.41. The first-order valence-electron chi connectivity index (χ1n) is 9.68. The predicted molar refractivity (Wildman–Crippen MR) is 114 cm³/mol. The Morgan fingerprint density at radius 1 is 1.12 bits per heavy atom. The van der Waals surface area contributed by atoms with Crippen molar-refractivity contribution < 1.29 is 33.5 Å². The highest BCUT2D eigenvalue weighted by atomic mass is 16.7. The van der Waals surface area contributed by atoms with Gasteiger partial charge in [-0.3, -0.25) is 10.1 Å². The number of rotatable bonds is 9.